The third-order valence-electron chi connectivity index (χ3n) is 3.36. The normalized spacial score (nSPS) is 18.4. The molecule has 0 aromatic heterocycles. The Balaban J connectivity index is 2.13. The second kappa shape index (κ2) is 4.88. The molecule has 92 valence electrons. The zero-order valence-electron chi connectivity index (χ0n) is 10.4. The molecule has 1 atom stereocenters. The van der Waals surface area contributed by atoms with Gasteiger partial charge in [0.25, 0.3) is 0 Å². The number of aryl methyl sites for hydroxylation is 1. The molecule has 2 N–H and O–H groups in total. The van der Waals surface area contributed by atoms with Crippen LogP contribution in [0.1, 0.15) is 47.7 Å². The van der Waals surface area contributed by atoms with Crippen LogP contribution < -0.4 is 5.32 Å². The minimum absolute atomic E-state index is 0.404. The minimum Gasteiger partial charge on any atom is -0.478 e. The zero-order chi connectivity index (χ0) is 12.4. The van der Waals surface area contributed by atoms with Crippen LogP contribution in [0.15, 0.2) is 18.2 Å². The predicted octanol–water partition coefficient (Wildman–Crippen LogP) is 2.41. The van der Waals surface area contributed by atoms with E-state index in [-0.39, 0.29) is 0 Å². The monoisotopic (exact) mass is 233 g/mol. The fraction of sp³-hybridized carbons (Fsp3) is 0.500. The highest BCUT2D eigenvalue weighted by atomic mass is 16.4. The first-order valence-electron chi connectivity index (χ1n) is 6.17. The lowest BCUT2D eigenvalue weighted by molar-refractivity contribution is 0.0697. The van der Waals surface area contributed by atoms with Crippen LogP contribution >= 0.6 is 0 Å². The topological polar surface area (TPSA) is 49.3 Å². The van der Waals surface area contributed by atoms with E-state index in [1.165, 1.54) is 11.1 Å². The van der Waals surface area contributed by atoms with E-state index in [4.69, 9.17) is 5.11 Å². The minimum atomic E-state index is -0.837. The maximum absolute atomic E-state index is 10.9. The molecule has 1 aromatic rings. The molecule has 0 spiro atoms. The van der Waals surface area contributed by atoms with Gasteiger partial charge in [-0.25, -0.2) is 4.79 Å². The molecular formula is C14H19NO2. The van der Waals surface area contributed by atoms with Gasteiger partial charge in [-0.1, -0.05) is 19.9 Å². The Kier molecular flexibility index (Phi) is 3.48. The molecule has 0 bridgehead atoms. The summed E-state index contributed by atoms with van der Waals surface area (Å²) in [6.07, 6.45) is 2.12. The van der Waals surface area contributed by atoms with Gasteiger partial charge in [0.2, 0.25) is 0 Å². The fourth-order valence-corrected chi connectivity index (χ4v) is 2.43. The third-order valence-corrected chi connectivity index (χ3v) is 3.36. The molecule has 1 aliphatic carbocycles. The van der Waals surface area contributed by atoms with Gasteiger partial charge in [0.15, 0.2) is 0 Å². The van der Waals surface area contributed by atoms with Crippen molar-refractivity contribution >= 4 is 5.97 Å². The van der Waals surface area contributed by atoms with Crippen LogP contribution in [0.2, 0.25) is 0 Å². The standard InChI is InChI=1S/C14H19NO2/c1-9(2)15-8-12-4-3-10-7-11(14(16)17)5-6-13(10)12/h5-7,9,12,15H,3-4,8H2,1-2H3,(H,16,17). The summed E-state index contributed by atoms with van der Waals surface area (Å²) in [7, 11) is 0. The number of nitrogens with one attached hydrogen (secondary N) is 1. The lowest BCUT2D eigenvalue weighted by atomic mass is 9.99. The quantitative estimate of drug-likeness (QED) is 0.839. The molecule has 3 heteroatoms. The molecule has 0 amide bonds. The Bertz CT molecular complexity index is 426. The van der Waals surface area contributed by atoms with Gasteiger partial charge in [-0.15, -0.1) is 0 Å². The number of benzene rings is 1. The van der Waals surface area contributed by atoms with Crippen molar-refractivity contribution in [1.29, 1.82) is 0 Å². The maximum atomic E-state index is 10.9. The molecule has 0 aliphatic heterocycles. The number of carboxylic acid groups (broad SMARTS) is 1. The highest BCUT2D eigenvalue weighted by Crippen LogP contribution is 2.33. The number of hydrogen-bond donors (Lipinski definition) is 2. The first kappa shape index (κ1) is 12.1. The fourth-order valence-electron chi connectivity index (χ4n) is 2.43. The highest BCUT2D eigenvalue weighted by Gasteiger charge is 2.23. The Labute approximate surface area is 102 Å². The van der Waals surface area contributed by atoms with Crippen molar-refractivity contribution in [3.8, 4) is 0 Å². The summed E-state index contributed by atoms with van der Waals surface area (Å²) in [5, 5.41) is 12.4. The van der Waals surface area contributed by atoms with Crippen LogP contribution in [0, 0.1) is 0 Å². The van der Waals surface area contributed by atoms with Crippen LogP contribution in [0.3, 0.4) is 0 Å². The summed E-state index contributed by atoms with van der Waals surface area (Å²) in [4.78, 5) is 10.9. The average Bonchev–Trinajstić information content (AvgIpc) is 2.68. The highest BCUT2D eigenvalue weighted by molar-refractivity contribution is 5.88. The third kappa shape index (κ3) is 2.67. The number of aromatic carboxylic acids is 1. The van der Waals surface area contributed by atoms with E-state index in [2.05, 4.69) is 19.2 Å². The molecule has 1 aromatic carbocycles. The van der Waals surface area contributed by atoms with Gasteiger partial charge in [0.1, 0.15) is 0 Å². The van der Waals surface area contributed by atoms with Crippen molar-refractivity contribution in [1.82, 2.24) is 5.32 Å². The molecule has 2 rings (SSSR count). The molecule has 0 saturated heterocycles. The largest absolute Gasteiger partial charge is 0.478 e. The van der Waals surface area contributed by atoms with E-state index in [1.54, 1.807) is 6.07 Å². The summed E-state index contributed by atoms with van der Waals surface area (Å²) in [6, 6.07) is 6.03. The van der Waals surface area contributed by atoms with Crippen molar-refractivity contribution in [3.63, 3.8) is 0 Å². The maximum Gasteiger partial charge on any atom is 0.335 e. The SMILES string of the molecule is CC(C)NCC1CCc2cc(C(=O)O)ccc21. The molecule has 0 fully saturated rings. The van der Waals surface area contributed by atoms with Crippen LogP contribution in [-0.2, 0) is 6.42 Å². The number of carboxylic acids is 1. The Hall–Kier alpha value is -1.35. The zero-order valence-corrected chi connectivity index (χ0v) is 10.4. The number of fused-ring (bicyclic) bond motifs is 1. The smallest absolute Gasteiger partial charge is 0.335 e. The van der Waals surface area contributed by atoms with E-state index in [0.29, 0.717) is 17.5 Å². The number of carbonyl (C=O) groups is 1. The summed E-state index contributed by atoms with van der Waals surface area (Å²) in [5.74, 6) is -0.299. The van der Waals surface area contributed by atoms with Gasteiger partial charge in [-0.2, -0.15) is 0 Å². The van der Waals surface area contributed by atoms with Gasteiger partial charge in [0.05, 0.1) is 5.56 Å². The summed E-state index contributed by atoms with van der Waals surface area (Å²) in [5.41, 5.74) is 2.94. The van der Waals surface area contributed by atoms with Gasteiger partial charge in [-0.3, -0.25) is 0 Å². The molecule has 0 saturated carbocycles. The van der Waals surface area contributed by atoms with E-state index >= 15 is 0 Å². The number of hydrogen-bond acceptors (Lipinski definition) is 2. The summed E-state index contributed by atoms with van der Waals surface area (Å²) in [6.45, 7) is 5.27. The van der Waals surface area contributed by atoms with Crippen molar-refractivity contribution in [2.75, 3.05) is 6.54 Å². The second-order valence-electron chi connectivity index (χ2n) is 5.02. The first-order valence-corrected chi connectivity index (χ1v) is 6.17. The van der Waals surface area contributed by atoms with Crippen LogP contribution in [-0.4, -0.2) is 23.7 Å². The summed E-state index contributed by atoms with van der Waals surface area (Å²) < 4.78 is 0. The molecule has 17 heavy (non-hydrogen) atoms. The Morgan fingerprint density at radius 1 is 1.53 bits per heavy atom. The second-order valence-corrected chi connectivity index (χ2v) is 5.02. The van der Waals surface area contributed by atoms with Crippen molar-refractivity contribution < 1.29 is 9.90 Å². The van der Waals surface area contributed by atoms with Gasteiger partial charge in [0, 0.05) is 12.6 Å². The van der Waals surface area contributed by atoms with E-state index < -0.39 is 5.97 Å². The van der Waals surface area contributed by atoms with Crippen molar-refractivity contribution in [2.45, 2.75) is 38.6 Å². The molecule has 0 heterocycles. The van der Waals surface area contributed by atoms with Gasteiger partial charge >= 0.3 is 5.97 Å². The predicted molar refractivity (Wildman–Crippen MR) is 67.6 cm³/mol. The van der Waals surface area contributed by atoms with E-state index in [0.717, 1.165) is 19.4 Å². The summed E-state index contributed by atoms with van der Waals surface area (Å²) >= 11 is 0. The van der Waals surface area contributed by atoms with Gasteiger partial charge < -0.3 is 10.4 Å². The first-order chi connectivity index (χ1) is 8.08. The molecule has 0 radical (unpaired) electrons. The molecule has 1 unspecified atom stereocenters. The van der Waals surface area contributed by atoms with E-state index in [9.17, 15) is 4.79 Å². The van der Waals surface area contributed by atoms with Crippen molar-refractivity contribution in [2.24, 2.45) is 0 Å². The van der Waals surface area contributed by atoms with Gasteiger partial charge in [-0.05, 0) is 42.0 Å². The number of rotatable bonds is 4. The average molecular weight is 233 g/mol. The molecular weight excluding hydrogens is 214 g/mol. The van der Waals surface area contributed by atoms with Crippen LogP contribution in [0.5, 0.6) is 0 Å². The van der Waals surface area contributed by atoms with Crippen LogP contribution in [0.25, 0.3) is 0 Å². The lowest BCUT2D eigenvalue weighted by Crippen LogP contribution is -2.27. The Morgan fingerprint density at radius 2 is 2.29 bits per heavy atom. The Morgan fingerprint density at radius 3 is 2.94 bits per heavy atom. The van der Waals surface area contributed by atoms with E-state index in [1.807, 2.05) is 12.1 Å². The van der Waals surface area contributed by atoms with Crippen molar-refractivity contribution in [3.05, 3.63) is 34.9 Å². The molecule has 1 aliphatic rings. The van der Waals surface area contributed by atoms with Crippen LogP contribution in [0.4, 0.5) is 0 Å². The lowest BCUT2D eigenvalue weighted by Gasteiger charge is -2.15. The molecule has 3 nitrogen and oxygen atoms in total.